The highest BCUT2D eigenvalue weighted by Crippen LogP contribution is 2.63. The lowest BCUT2D eigenvalue weighted by molar-refractivity contribution is -0.428. The predicted octanol–water partition coefficient (Wildman–Crippen LogP) is 6.02. The number of hydrogen-bond acceptors (Lipinski definition) is 10. The van der Waals surface area contributed by atoms with Crippen molar-refractivity contribution in [2.24, 2.45) is 34.5 Å². The molecule has 0 radical (unpaired) electrons. The maximum atomic E-state index is 12.1. The summed E-state index contributed by atoms with van der Waals surface area (Å²) in [6, 6.07) is 0.407. The molecule has 4 aliphatic carbocycles. The summed E-state index contributed by atoms with van der Waals surface area (Å²) in [6.07, 6.45) is 17.9. The van der Waals surface area contributed by atoms with Gasteiger partial charge in [-0.1, -0.05) is 59.4 Å². The van der Waals surface area contributed by atoms with Gasteiger partial charge < -0.3 is 9.47 Å². The van der Waals surface area contributed by atoms with Crippen LogP contribution in [0, 0.1) is 34.5 Å². The van der Waals surface area contributed by atoms with Crippen molar-refractivity contribution in [3.63, 3.8) is 0 Å². The molecule has 0 spiro atoms. The van der Waals surface area contributed by atoms with Crippen molar-refractivity contribution < 1.29 is 38.4 Å². The second-order valence-electron chi connectivity index (χ2n) is 15.8. The largest absolute Gasteiger partial charge is 0.467 e. The molecule has 4 heterocycles. The van der Waals surface area contributed by atoms with E-state index in [1.54, 1.807) is 10.5 Å². The number of carbonyl (C=O) groups is 2. The molecule has 8 aliphatic rings. The smallest absolute Gasteiger partial charge is 0.337 e. The predicted molar refractivity (Wildman–Crippen MR) is 168 cm³/mol. The molecule has 10 nitrogen and oxygen atoms in total. The summed E-state index contributed by atoms with van der Waals surface area (Å²) in [6.45, 7) is 8.49. The molecule has 0 aromatic rings. The molecule has 12 atom stereocenters. The van der Waals surface area contributed by atoms with Crippen molar-refractivity contribution in [1.82, 2.24) is 10.5 Å². The van der Waals surface area contributed by atoms with E-state index < -0.39 is 12.2 Å². The fourth-order valence-electron chi connectivity index (χ4n) is 11.1. The van der Waals surface area contributed by atoms with Crippen LogP contribution in [0.3, 0.4) is 0 Å². The van der Waals surface area contributed by atoms with Gasteiger partial charge in [-0.3, -0.25) is 19.4 Å². The molecule has 256 valence electrons. The number of hydroxylamine groups is 4. The number of allylic oxidation sites excluding steroid dienone is 2. The van der Waals surface area contributed by atoms with Crippen LogP contribution in [0.1, 0.15) is 105 Å². The molecule has 0 amide bonds. The molecule has 0 N–H and O–H groups in total. The fourth-order valence-corrected chi connectivity index (χ4v) is 11.1. The molecule has 8 rings (SSSR count). The van der Waals surface area contributed by atoms with Crippen molar-refractivity contribution in [1.29, 1.82) is 0 Å². The van der Waals surface area contributed by atoms with Crippen molar-refractivity contribution >= 4 is 11.9 Å². The normalized spacial score (nSPS) is 45.3. The molecule has 0 unspecified atom stereocenters. The van der Waals surface area contributed by atoms with Crippen LogP contribution in [0.15, 0.2) is 23.3 Å². The number of methoxy groups -OCH3 is 2. The van der Waals surface area contributed by atoms with Crippen molar-refractivity contribution in [2.75, 3.05) is 14.2 Å². The lowest BCUT2D eigenvalue weighted by Crippen LogP contribution is -2.62. The first-order valence-corrected chi connectivity index (χ1v) is 17.8. The van der Waals surface area contributed by atoms with E-state index >= 15 is 0 Å². The minimum absolute atomic E-state index is 0.0615. The Morgan fingerprint density at radius 3 is 1.39 bits per heavy atom. The Labute approximate surface area is 273 Å². The van der Waals surface area contributed by atoms with E-state index in [1.165, 1.54) is 76.7 Å². The monoisotopic (exact) mass is 642 g/mol. The Morgan fingerprint density at radius 1 is 0.609 bits per heavy atom. The van der Waals surface area contributed by atoms with E-state index in [4.69, 9.17) is 28.8 Å². The Hall–Kier alpha value is -1.82. The molecular weight excluding hydrogens is 588 g/mol. The van der Waals surface area contributed by atoms with Crippen LogP contribution in [0.4, 0.5) is 0 Å². The third kappa shape index (κ3) is 5.12. The molecule has 0 aromatic heterocycles. The number of rotatable bonds is 4. The Morgan fingerprint density at radius 2 is 1.02 bits per heavy atom. The average Bonchev–Trinajstić information content (AvgIpc) is 3.64. The average molecular weight is 643 g/mol. The number of esters is 2. The molecule has 8 fully saturated rings. The van der Waals surface area contributed by atoms with E-state index in [0.29, 0.717) is 11.8 Å². The first-order chi connectivity index (χ1) is 22.1. The highest BCUT2D eigenvalue weighted by Gasteiger charge is 2.67. The van der Waals surface area contributed by atoms with Gasteiger partial charge in [0.1, 0.15) is 12.2 Å². The minimum atomic E-state index is -0.504. The van der Waals surface area contributed by atoms with E-state index in [2.05, 4.69) is 39.8 Å². The van der Waals surface area contributed by atoms with Crippen LogP contribution in [-0.2, 0) is 38.4 Å². The quantitative estimate of drug-likeness (QED) is 0.268. The Balaban J connectivity index is 0.000000147. The van der Waals surface area contributed by atoms with Crippen LogP contribution in [0.5, 0.6) is 0 Å². The van der Waals surface area contributed by atoms with E-state index in [-0.39, 0.29) is 58.9 Å². The molecule has 4 bridgehead atoms. The Bertz CT molecular complexity index is 1150. The highest BCUT2D eigenvalue weighted by atomic mass is 17.0. The van der Waals surface area contributed by atoms with Gasteiger partial charge in [-0.05, 0) is 90.9 Å². The second-order valence-corrected chi connectivity index (χ2v) is 15.8. The maximum Gasteiger partial charge on any atom is 0.337 e. The molecule has 0 aromatic carbocycles. The Kier molecular flexibility index (Phi) is 8.94. The topological polar surface area (TPSA) is 96.0 Å². The summed E-state index contributed by atoms with van der Waals surface area (Å²) in [4.78, 5) is 48.6. The SMILES string of the molecule is COC(=O)[C@@H]1ON2O[C@@H](C=C(C)C)[C@]34CCCC[C@H]3[C@H]2[C@H]1CC4.COC(=O)[C@H]1ON2O[C@H](C=C(C)C)[C@@]34CCCC[C@@H]3[C@@H]2[C@@H]1CC4. The van der Waals surface area contributed by atoms with E-state index in [1.807, 2.05) is 0 Å². The maximum absolute atomic E-state index is 12.1. The van der Waals surface area contributed by atoms with Crippen LogP contribution in [0.25, 0.3) is 0 Å². The molecule has 46 heavy (non-hydrogen) atoms. The first-order valence-electron chi connectivity index (χ1n) is 17.8. The van der Waals surface area contributed by atoms with Gasteiger partial charge in [0.2, 0.25) is 0 Å². The summed E-state index contributed by atoms with van der Waals surface area (Å²) < 4.78 is 9.91. The van der Waals surface area contributed by atoms with Gasteiger partial charge in [0.15, 0.2) is 12.2 Å². The van der Waals surface area contributed by atoms with Gasteiger partial charge in [0, 0.05) is 22.7 Å². The minimum Gasteiger partial charge on any atom is -0.467 e. The van der Waals surface area contributed by atoms with Crippen LogP contribution < -0.4 is 0 Å². The van der Waals surface area contributed by atoms with Gasteiger partial charge in [0.25, 0.3) is 0 Å². The number of ether oxygens (including phenoxy) is 2. The highest BCUT2D eigenvalue weighted by molar-refractivity contribution is 5.76. The van der Waals surface area contributed by atoms with Crippen LogP contribution in [0.2, 0.25) is 0 Å². The summed E-state index contributed by atoms with van der Waals surface area (Å²) in [7, 11) is 2.87. The molecule has 4 saturated heterocycles. The molecule has 4 aliphatic heterocycles. The van der Waals surface area contributed by atoms with Crippen molar-refractivity contribution in [3.8, 4) is 0 Å². The number of hydrogen-bond donors (Lipinski definition) is 0. The third-order valence-electron chi connectivity index (χ3n) is 13.0. The van der Waals surface area contributed by atoms with Gasteiger partial charge in [-0.2, -0.15) is 0 Å². The molecular formula is C36H54N2O8. The lowest BCUT2D eigenvalue weighted by Gasteiger charge is -2.59. The summed E-state index contributed by atoms with van der Waals surface area (Å²) in [5, 5.41) is 3.34. The van der Waals surface area contributed by atoms with Crippen molar-refractivity contribution in [3.05, 3.63) is 23.3 Å². The molecule has 10 heteroatoms. The van der Waals surface area contributed by atoms with Gasteiger partial charge in [0.05, 0.1) is 26.3 Å². The summed E-state index contributed by atoms with van der Waals surface area (Å²) >= 11 is 0. The van der Waals surface area contributed by atoms with Crippen molar-refractivity contribution in [2.45, 2.75) is 141 Å². The lowest BCUT2D eigenvalue weighted by atomic mass is 9.52. The van der Waals surface area contributed by atoms with Crippen LogP contribution >= 0.6 is 0 Å². The number of nitrogens with zero attached hydrogens (tertiary/aromatic N) is 2. The zero-order valence-corrected chi connectivity index (χ0v) is 28.6. The van der Waals surface area contributed by atoms with Gasteiger partial charge in [-0.25, -0.2) is 9.59 Å². The molecule has 4 saturated carbocycles. The third-order valence-corrected chi connectivity index (χ3v) is 13.0. The zero-order valence-electron chi connectivity index (χ0n) is 28.6. The summed E-state index contributed by atoms with van der Waals surface area (Å²) in [5.41, 5.74) is 3.00. The zero-order chi connectivity index (χ0) is 32.4. The summed E-state index contributed by atoms with van der Waals surface area (Å²) in [5.74, 6) is 0.973. The van der Waals surface area contributed by atoms with E-state index in [9.17, 15) is 9.59 Å². The van der Waals surface area contributed by atoms with Crippen LogP contribution in [-0.4, -0.2) is 73.1 Å². The van der Waals surface area contributed by atoms with Gasteiger partial charge >= 0.3 is 11.9 Å². The standard InChI is InChI=1S/2C18H27NO4/c2*1-11(2)10-14-18-8-5-4-6-13(18)15-12(7-9-18)16(17(20)21-3)23-19(15)22-14/h2*10,12-16H,4-9H2,1-3H3/t2*12-,13+,14+,15-,16-,18+/m10/s1. The van der Waals surface area contributed by atoms with E-state index in [0.717, 1.165) is 25.7 Å². The second kappa shape index (κ2) is 12.6. The number of carbonyl (C=O) groups excluding carboxylic acids is 2. The van der Waals surface area contributed by atoms with Gasteiger partial charge in [-0.15, -0.1) is 0 Å². The first kappa shape index (κ1) is 32.7. The fraction of sp³-hybridized carbons (Fsp3) is 0.833.